The number of rotatable bonds is 4. The first-order chi connectivity index (χ1) is 7.24. The van der Waals surface area contributed by atoms with E-state index in [-0.39, 0.29) is 18.6 Å². The van der Waals surface area contributed by atoms with Gasteiger partial charge in [0.2, 0.25) is 5.91 Å². The molecule has 2 rings (SSSR count). The molecular formula is C11H20N2O2. The number of nitrogens with one attached hydrogen (secondary N) is 1. The van der Waals surface area contributed by atoms with E-state index in [2.05, 4.69) is 5.32 Å². The zero-order valence-electron chi connectivity index (χ0n) is 9.08. The molecule has 0 aromatic heterocycles. The molecule has 0 radical (unpaired) electrons. The summed E-state index contributed by atoms with van der Waals surface area (Å²) >= 11 is 0. The Kier molecular flexibility index (Phi) is 3.59. The van der Waals surface area contributed by atoms with Gasteiger partial charge in [-0.25, -0.2) is 0 Å². The maximum Gasteiger partial charge on any atom is 0.246 e. The van der Waals surface area contributed by atoms with Crippen molar-refractivity contribution in [2.24, 2.45) is 5.73 Å². The number of nitrogens with two attached hydrogens (primary N) is 1. The second-order valence-electron chi connectivity index (χ2n) is 4.69. The van der Waals surface area contributed by atoms with Gasteiger partial charge in [0.1, 0.15) is 6.61 Å². The van der Waals surface area contributed by atoms with E-state index >= 15 is 0 Å². The molecule has 3 N–H and O–H groups in total. The van der Waals surface area contributed by atoms with E-state index in [1.807, 2.05) is 0 Å². The number of hydrogen-bond donors (Lipinski definition) is 2. The van der Waals surface area contributed by atoms with Crippen LogP contribution < -0.4 is 11.1 Å². The topological polar surface area (TPSA) is 64.3 Å². The fourth-order valence-electron chi connectivity index (χ4n) is 1.95. The summed E-state index contributed by atoms with van der Waals surface area (Å²) in [5.41, 5.74) is 5.79. The maximum absolute atomic E-state index is 11.3. The molecule has 2 aliphatic rings. The Hall–Kier alpha value is -0.610. The van der Waals surface area contributed by atoms with E-state index in [0.29, 0.717) is 12.1 Å². The molecule has 0 bridgehead atoms. The zero-order chi connectivity index (χ0) is 10.7. The Morgan fingerprint density at radius 2 is 1.87 bits per heavy atom. The van der Waals surface area contributed by atoms with Gasteiger partial charge in [0, 0.05) is 12.1 Å². The molecule has 2 fully saturated rings. The van der Waals surface area contributed by atoms with Crippen LogP contribution >= 0.6 is 0 Å². The summed E-state index contributed by atoms with van der Waals surface area (Å²) in [7, 11) is 0. The first-order valence-corrected chi connectivity index (χ1v) is 5.90. The SMILES string of the molecule is NC1CCC(OCC(=O)NC2CC2)CC1. The monoisotopic (exact) mass is 212 g/mol. The van der Waals surface area contributed by atoms with Gasteiger partial charge in [-0.05, 0) is 38.5 Å². The summed E-state index contributed by atoms with van der Waals surface area (Å²) in [5, 5.41) is 2.91. The van der Waals surface area contributed by atoms with Crippen LogP contribution in [0.15, 0.2) is 0 Å². The highest BCUT2D eigenvalue weighted by Gasteiger charge is 2.24. The lowest BCUT2D eigenvalue weighted by Gasteiger charge is -2.25. The highest BCUT2D eigenvalue weighted by Crippen LogP contribution is 2.20. The summed E-state index contributed by atoms with van der Waals surface area (Å²) < 4.78 is 5.55. The third-order valence-corrected chi connectivity index (χ3v) is 3.11. The third-order valence-electron chi connectivity index (χ3n) is 3.11. The van der Waals surface area contributed by atoms with Crippen molar-refractivity contribution < 1.29 is 9.53 Å². The Balaban J connectivity index is 1.58. The molecule has 0 aromatic rings. The molecule has 0 saturated heterocycles. The molecule has 1 amide bonds. The standard InChI is InChI=1S/C11H20N2O2/c12-8-1-5-10(6-2-8)15-7-11(14)13-9-3-4-9/h8-10H,1-7,12H2,(H,13,14). The van der Waals surface area contributed by atoms with E-state index in [0.717, 1.165) is 38.5 Å². The third kappa shape index (κ3) is 3.80. The summed E-state index contributed by atoms with van der Waals surface area (Å²) in [4.78, 5) is 11.3. The number of amides is 1. The lowest BCUT2D eigenvalue weighted by Crippen LogP contribution is -2.34. The minimum absolute atomic E-state index is 0.0346. The molecule has 2 aliphatic carbocycles. The van der Waals surface area contributed by atoms with Crippen LogP contribution in [0.3, 0.4) is 0 Å². The highest BCUT2D eigenvalue weighted by atomic mass is 16.5. The van der Waals surface area contributed by atoms with Crippen molar-refractivity contribution in [1.29, 1.82) is 0 Å². The zero-order valence-corrected chi connectivity index (χ0v) is 9.08. The quantitative estimate of drug-likeness (QED) is 0.715. The number of hydrogen-bond acceptors (Lipinski definition) is 3. The summed E-state index contributed by atoms with van der Waals surface area (Å²) in [6, 6.07) is 0.769. The smallest absolute Gasteiger partial charge is 0.246 e. The molecule has 86 valence electrons. The first-order valence-electron chi connectivity index (χ1n) is 5.90. The first kappa shape index (κ1) is 10.9. The number of carbonyl (C=O) groups is 1. The van der Waals surface area contributed by atoms with Gasteiger partial charge in [0.25, 0.3) is 0 Å². The molecule has 0 aromatic carbocycles. The van der Waals surface area contributed by atoms with E-state index in [9.17, 15) is 4.79 Å². The fraction of sp³-hybridized carbons (Fsp3) is 0.909. The van der Waals surface area contributed by atoms with E-state index in [1.54, 1.807) is 0 Å². The van der Waals surface area contributed by atoms with Crippen LogP contribution in [-0.2, 0) is 9.53 Å². The normalized spacial score (nSPS) is 31.3. The van der Waals surface area contributed by atoms with Crippen LogP contribution in [0.5, 0.6) is 0 Å². The lowest BCUT2D eigenvalue weighted by molar-refractivity contribution is -0.128. The predicted molar refractivity (Wildman–Crippen MR) is 57.3 cm³/mol. The fourth-order valence-corrected chi connectivity index (χ4v) is 1.95. The van der Waals surface area contributed by atoms with Crippen molar-refractivity contribution >= 4 is 5.91 Å². The Morgan fingerprint density at radius 1 is 1.20 bits per heavy atom. The van der Waals surface area contributed by atoms with Crippen LogP contribution in [-0.4, -0.2) is 30.7 Å². The minimum atomic E-state index is 0.0346. The minimum Gasteiger partial charge on any atom is -0.368 e. The van der Waals surface area contributed by atoms with Gasteiger partial charge < -0.3 is 15.8 Å². The van der Waals surface area contributed by atoms with Gasteiger partial charge in [-0.1, -0.05) is 0 Å². The maximum atomic E-state index is 11.3. The molecule has 15 heavy (non-hydrogen) atoms. The molecule has 0 atom stereocenters. The largest absolute Gasteiger partial charge is 0.368 e. The van der Waals surface area contributed by atoms with Crippen LogP contribution in [0.25, 0.3) is 0 Å². The van der Waals surface area contributed by atoms with Crippen molar-refractivity contribution in [3.8, 4) is 0 Å². The van der Waals surface area contributed by atoms with Crippen LogP contribution in [0.4, 0.5) is 0 Å². The molecule has 0 aliphatic heterocycles. The van der Waals surface area contributed by atoms with Crippen molar-refractivity contribution in [3.05, 3.63) is 0 Å². The molecule has 0 spiro atoms. The Morgan fingerprint density at radius 3 is 2.47 bits per heavy atom. The van der Waals surface area contributed by atoms with Crippen LogP contribution in [0, 0.1) is 0 Å². The van der Waals surface area contributed by atoms with Gasteiger partial charge in [0.05, 0.1) is 6.10 Å². The molecule has 4 heteroatoms. The second kappa shape index (κ2) is 4.94. The van der Waals surface area contributed by atoms with E-state index in [1.165, 1.54) is 0 Å². The van der Waals surface area contributed by atoms with Gasteiger partial charge in [-0.15, -0.1) is 0 Å². The van der Waals surface area contributed by atoms with Gasteiger partial charge in [-0.2, -0.15) is 0 Å². The average Bonchev–Trinajstić information content (AvgIpc) is 3.01. The number of carbonyl (C=O) groups excluding carboxylic acids is 1. The Bertz CT molecular complexity index is 221. The summed E-state index contributed by atoms with van der Waals surface area (Å²) in [5.74, 6) is 0.0346. The van der Waals surface area contributed by atoms with Crippen LogP contribution in [0.2, 0.25) is 0 Å². The molecular weight excluding hydrogens is 192 g/mol. The van der Waals surface area contributed by atoms with Crippen molar-refractivity contribution in [2.45, 2.75) is 56.7 Å². The molecule has 4 nitrogen and oxygen atoms in total. The summed E-state index contributed by atoms with van der Waals surface area (Å²) in [6.07, 6.45) is 6.54. The average molecular weight is 212 g/mol. The number of ether oxygens (including phenoxy) is 1. The van der Waals surface area contributed by atoms with Crippen molar-refractivity contribution in [1.82, 2.24) is 5.32 Å². The molecule has 0 unspecified atom stereocenters. The van der Waals surface area contributed by atoms with Crippen molar-refractivity contribution in [3.63, 3.8) is 0 Å². The van der Waals surface area contributed by atoms with Crippen molar-refractivity contribution in [2.75, 3.05) is 6.61 Å². The Labute approximate surface area is 90.5 Å². The predicted octanol–water partition coefficient (Wildman–Crippen LogP) is 0.551. The second-order valence-corrected chi connectivity index (χ2v) is 4.69. The van der Waals surface area contributed by atoms with E-state index < -0.39 is 0 Å². The van der Waals surface area contributed by atoms with E-state index in [4.69, 9.17) is 10.5 Å². The highest BCUT2D eigenvalue weighted by molar-refractivity contribution is 5.77. The molecule has 0 heterocycles. The van der Waals surface area contributed by atoms with Gasteiger partial charge >= 0.3 is 0 Å². The summed E-state index contributed by atoms with van der Waals surface area (Å²) in [6.45, 7) is 0.219. The van der Waals surface area contributed by atoms with Gasteiger partial charge in [-0.3, -0.25) is 4.79 Å². The van der Waals surface area contributed by atoms with Gasteiger partial charge in [0.15, 0.2) is 0 Å². The molecule has 2 saturated carbocycles. The van der Waals surface area contributed by atoms with Crippen LogP contribution in [0.1, 0.15) is 38.5 Å². The lowest BCUT2D eigenvalue weighted by atomic mass is 9.94.